The van der Waals surface area contributed by atoms with E-state index in [1.165, 1.54) is 11.3 Å². The molecule has 0 aromatic carbocycles. The van der Waals surface area contributed by atoms with Gasteiger partial charge in [0.05, 0.1) is 13.1 Å². The lowest BCUT2D eigenvalue weighted by Crippen LogP contribution is -2.30. The quantitative estimate of drug-likeness (QED) is 0.711. The summed E-state index contributed by atoms with van der Waals surface area (Å²) in [6.07, 6.45) is 0. The fourth-order valence-corrected chi connectivity index (χ4v) is 1.98. The van der Waals surface area contributed by atoms with Gasteiger partial charge in [0.15, 0.2) is 0 Å². The van der Waals surface area contributed by atoms with Gasteiger partial charge in [0.25, 0.3) is 0 Å². The summed E-state index contributed by atoms with van der Waals surface area (Å²) in [6.45, 7) is 3.65. The Bertz CT molecular complexity index is 327. The van der Waals surface area contributed by atoms with Crippen molar-refractivity contribution in [3.63, 3.8) is 0 Å². The minimum atomic E-state index is -0.339. The van der Waals surface area contributed by atoms with Crippen molar-refractivity contribution in [2.24, 2.45) is 5.73 Å². The average molecular weight is 229 g/mol. The van der Waals surface area contributed by atoms with E-state index in [1.54, 1.807) is 4.90 Å². The molecule has 6 nitrogen and oxygen atoms in total. The normalized spacial score (nSPS) is 10.6. The Morgan fingerprint density at radius 3 is 2.93 bits per heavy atom. The first-order chi connectivity index (χ1) is 7.11. The Kier molecular flexibility index (Phi) is 4.44. The molecule has 15 heavy (non-hydrogen) atoms. The standard InChI is InChI=1S/C8H15N5OS/c1-3-10-8-12-11-7(15-8)5-13(2)4-6(9)14/h3-5H2,1-2H3,(H2,9,14)(H,10,12). The zero-order valence-corrected chi connectivity index (χ0v) is 9.67. The van der Waals surface area contributed by atoms with Gasteiger partial charge in [0, 0.05) is 6.54 Å². The number of likely N-dealkylation sites (N-methyl/N-ethyl adjacent to an activating group) is 1. The number of carbonyl (C=O) groups excluding carboxylic acids is 1. The van der Waals surface area contributed by atoms with Crippen LogP contribution in [0.15, 0.2) is 0 Å². The highest BCUT2D eigenvalue weighted by molar-refractivity contribution is 7.15. The first kappa shape index (κ1) is 11.9. The molecular weight excluding hydrogens is 214 g/mol. The second-order valence-corrected chi connectivity index (χ2v) is 4.23. The number of nitrogens with zero attached hydrogens (tertiary/aromatic N) is 3. The largest absolute Gasteiger partial charge is 0.369 e. The highest BCUT2D eigenvalue weighted by Gasteiger charge is 2.08. The molecule has 0 radical (unpaired) electrons. The summed E-state index contributed by atoms with van der Waals surface area (Å²) in [5.41, 5.74) is 5.07. The Labute approximate surface area is 92.5 Å². The molecule has 1 heterocycles. The molecule has 0 bridgehead atoms. The average Bonchev–Trinajstić information content (AvgIpc) is 2.51. The molecule has 1 rings (SSSR count). The number of amides is 1. The SMILES string of the molecule is CCNc1nnc(CN(C)CC(N)=O)s1. The molecule has 0 saturated carbocycles. The zero-order valence-electron chi connectivity index (χ0n) is 8.86. The molecule has 1 amide bonds. The van der Waals surface area contributed by atoms with Crippen molar-refractivity contribution in [2.45, 2.75) is 13.5 Å². The van der Waals surface area contributed by atoms with Crippen molar-refractivity contribution >= 4 is 22.4 Å². The topological polar surface area (TPSA) is 84.1 Å². The van der Waals surface area contributed by atoms with Gasteiger partial charge in [-0.3, -0.25) is 9.69 Å². The first-order valence-corrected chi connectivity index (χ1v) is 5.46. The number of anilines is 1. The second kappa shape index (κ2) is 5.62. The number of hydrogen-bond donors (Lipinski definition) is 2. The predicted molar refractivity (Wildman–Crippen MR) is 59.6 cm³/mol. The summed E-state index contributed by atoms with van der Waals surface area (Å²) in [5.74, 6) is -0.339. The number of nitrogens with two attached hydrogens (primary N) is 1. The Morgan fingerprint density at radius 1 is 1.60 bits per heavy atom. The smallest absolute Gasteiger partial charge is 0.231 e. The number of primary amides is 1. The Hall–Kier alpha value is -1.21. The fourth-order valence-electron chi connectivity index (χ4n) is 1.09. The predicted octanol–water partition coefficient (Wildman–Crippen LogP) is -0.113. The van der Waals surface area contributed by atoms with Crippen molar-refractivity contribution in [3.05, 3.63) is 5.01 Å². The number of aromatic nitrogens is 2. The van der Waals surface area contributed by atoms with Crippen LogP contribution in [0.4, 0.5) is 5.13 Å². The van der Waals surface area contributed by atoms with E-state index in [0.29, 0.717) is 6.54 Å². The van der Waals surface area contributed by atoms with Crippen LogP contribution in [0.25, 0.3) is 0 Å². The zero-order chi connectivity index (χ0) is 11.3. The molecule has 3 N–H and O–H groups in total. The lowest BCUT2D eigenvalue weighted by Gasteiger charge is -2.11. The van der Waals surface area contributed by atoms with Crippen molar-refractivity contribution in [2.75, 3.05) is 25.5 Å². The van der Waals surface area contributed by atoms with E-state index in [1.807, 2.05) is 14.0 Å². The molecule has 0 saturated heterocycles. The summed E-state index contributed by atoms with van der Waals surface area (Å²) in [7, 11) is 1.82. The Morgan fingerprint density at radius 2 is 2.33 bits per heavy atom. The maximum absolute atomic E-state index is 10.6. The van der Waals surface area contributed by atoms with Crippen molar-refractivity contribution in [1.82, 2.24) is 15.1 Å². The maximum atomic E-state index is 10.6. The summed E-state index contributed by atoms with van der Waals surface area (Å²) in [5, 5.41) is 12.7. The molecule has 7 heteroatoms. The number of nitrogens with one attached hydrogen (secondary N) is 1. The van der Waals surface area contributed by atoms with E-state index in [0.717, 1.165) is 16.7 Å². The summed E-state index contributed by atoms with van der Waals surface area (Å²) >= 11 is 1.49. The van der Waals surface area contributed by atoms with E-state index in [9.17, 15) is 4.79 Å². The van der Waals surface area contributed by atoms with Crippen molar-refractivity contribution < 1.29 is 4.79 Å². The molecule has 0 spiro atoms. The molecule has 0 aliphatic heterocycles. The highest BCUT2D eigenvalue weighted by atomic mass is 32.1. The van der Waals surface area contributed by atoms with Crippen LogP contribution in [0.1, 0.15) is 11.9 Å². The van der Waals surface area contributed by atoms with E-state index < -0.39 is 0 Å². The van der Waals surface area contributed by atoms with Crippen LogP contribution in [-0.2, 0) is 11.3 Å². The molecule has 0 unspecified atom stereocenters. The minimum Gasteiger partial charge on any atom is -0.369 e. The summed E-state index contributed by atoms with van der Waals surface area (Å²) < 4.78 is 0. The van der Waals surface area contributed by atoms with Gasteiger partial charge in [-0.05, 0) is 14.0 Å². The third kappa shape index (κ3) is 4.22. The van der Waals surface area contributed by atoms with Gasteiger partial charge in [0.2, 0.25) is 11.0 Å². The molecule has 0 fully saturated rings. The minimum absolute atomic E-state index is 0.232. The molecule has 0 aliphatic carbocycles. The number of hydrogen-bond acceptors (Lipinski definition) is 6. The summed E-state index contributed by atoms with van der Waals surface area (Å²) in [4.78, 5) is 12.4. The molecule has 1 aromatic heterocycles. The van der Waals surface area contributed by atoms with Gasteiger partial charge >= 0.3 is 0 Å². The van der Waals surface area contributed by atoms with Crippen LogP contribution < -0.4 is 11.1 Å². The van der Waals surface area contributed by atoms with E-state index in [-0.39, 0.29) is 12.5 Å². The van der Waals surface area contributed by atoms with Crippen LogP contribution in [0.5, 0.6) is 0 Å². The number of rotatable bonds is 6. The van der Waals surface area contributed by atoms with Gasteiger partial charge in [-0.25, -0.2) is 0 Å². The van der Waals surface area contributed by atoms with Crippen molar-refractivity contribution in [1.29, 1.82) is 0 Å². The lowest BCUT2D eigenvalue weighted by atomic mass is 10.5. The molecule has 1 aromatic rings. The van der Waals surface area contributed by atoms with Gasteiger partial charge in [-0.1, -0.05) is 11.3 Å². The van der Waals surface area contributed by atoms with Gasteiger partial charge in [0.1, 0.15) is 5.01 Å². The van der Waals surface area contributed by atoms with E-state index >= 15 is 0 Å². The van der Waals surface area contributed by atoms with Crippen LogP contribution in [0.2, 0.25) is 0 Å². The lowest BCUT2D eigenvalue weighted by molar-refractivity contribution is -0.118. The van der Waals surface area contributed by atoms with Crippen LogP contribution in [-0.4, -0.2) is 41.1 Å². The fraction of sp³-hybridized carbons (Fsp3) is 0.625. The third-order valence-electron chi connectivity index (χ3n) is 1.63. The van der Waals surface area contributed by atoms with Gasteiger partial charge < -0.3 is 11.1 Å². The maximum Gasteiger partial charge on any atom is 0.231 e. The second-order valence-electron chi connectivity index (χ2n) is 3.17. The Balaban J connectivity index is 2.45. The first-order valence-electron chi connectivity index (χ1n) is 4.65. The van der Waals surface area contributed by atoms with Crippen LogP contribution in [0.3, 0.4) is 0 Å². The van der Waals surface area contributed by atoms with E-state index in [2.05, 4.69) is 15.5 Å². The molecular formula is C8H15N5OS. The summed E-state index contributed by atoms with van der Waals surface area (Å²) in [6, 6.07) is 0. The van der Waals surface area contributed by atoms with Crippen LogP contribution in [0, 0.1) is 0 Å². The van der Waals surface area contributed by atoms with Gasteiger partial charge in [-0.2, -0.15) is 0 Å². The molecule has 0 aliphatic rings. The molecule has 84 valence electrons. The van der Waals surface area contributed by atoms with Crippen molar-refractivity contribution in [3.8, 4) is 0 Å². The monoisotopic (exact) mass is 229 g/mol. The number of carbonyl (C=O) groups is 1. The highest BCUT2D eigenvalue weighted by Crippen LogP contribution is 2.15. The van der Waals surface area contributed by atoms with Gasteiger partial charge in [-0.15, -0.1) is 10.2 Å². The third-order valence-corrected chi connectivity index (χ3v) is 2.49. The van der Waals surface area contributed by atoms with E-state index in [4.69, 9.17) is 5.73 Å². The van der Waals surface area contributed by atoms with Crippen LogP contribution >= 0.6 is 11.3 Å². The molecule has 0 atom stereocenters.